The summed E-state index contributed by atoms with van der Waals surface area (Å²) in [6, 6.07) is 4.18. The minimum atomic E-state index is 0.283. The van der Waals surface area contributed by atoms with Gasteiger partial charge in [-0.05, 0) is 30.0 Å². The number of aryl methyl sites for hydroxylation is 1. The molecule has 1 aromatic heterocycles. The summed E-state index contributed by atoms with van der Waals surface area (Å²) in [5.41, 5.74) is 2.73. The molecule has 0 aliphatic rings. The van der Waals surface area contributed by atoms with Crippen LogP contribution < -0.4 is 0 Å². The predicted molar refractivity (Wildman–Crippen MR) is 64.8 cm³/mol. The minimum Gasteiger partial charge on any atom is -0.261 e. The van der Waals surface area contributed by atoms with Gasteiger partial charge in [-0.25, -0.2) is 0 Å². The summed E-state index contributed by atoms with van der Waals surface area (Å²) in [5, 5.41) is 0. The summed E-state index contributed by atoms with van der Waals surface area (Å²) < 4.78 is 0. The highest BCUT2D eigenvalue weighted by Gasteiger charge is 2.22. The molecule has 0 N–H and O–H groups in total. The van der Waals surface area contributed by atoms with Gasteiger partial charge < -0.3 is 0 Å². The van der Waals surface area contributed by atoms with Gasteiger partial charge in [0.1, 0.15) is 0 Å². The van der Waals surface area contributed by atoms with Crippen LogP contribution in [0.25, 0.3) is 0 Å². The normalized spacial score (nSPS) is 14.1. The highest BCUT2D eigenvalue weighted by atomic mass is 79.9. The topological polar surface area (TPSA) is 12.9 Å². The van der Waals surface area contributed by atoms with Crippen LogP contribution >= 0.6 is 15.9 Å². The van der Waals surface area contributed by atoms with Crippen molar-refractivity contribution in [2.75, 3.05) is 0 Å². The quantitative estimate of drug-likeness (QED) is 0.734. The van der Waals surface area contributed by atoms with E-state index in [1.54, 1.807) is 0 Å². The lowest BCUT2D eigenvalue weighted by Crippen LogP contribution is -2.22. The van der Waals surface area contributed by atoms with E-state index >= 15 is 0 Å². The Bertz CT molecular complexity index is 301. The second-order valence-electron chi connectivity index (χ2n) is 4.86. The van der Waals surface area contributed by atoms with Gasteiger partial charge in [0.05, 0.1) is 0 Å². The molecule has 0 aliphatic carbocycles. The lowest BCUT2D eigenvalue weighted by molar-refractivity contribution is 0.396. The summed E-state index contributed by atoms with van der Waals surface area (Å²) in [5.74, 6) is 0. The lowest BCUT2D eigenvalue weighted by Gasteiger charge is -2.25. The smallest absolute Gasteiger partial charge is 0.0417 e. The van der Waals surface area contributed by atoms with Gasteiger partial charge in [-0.15, -0.1) is 0 Å². The Hall–Kier alpha value is -0.370. The minimum absolute atomic E-state index is 0.283. The number of hydrogen-bond donors (Lipinski definition) is 0. The largest absolute Gasteiger partial charge is 0.261 e. The maximum Gasteiger partial charge on any atom is 0.0417 e. The van der Waals surface area contributed by atoms with E-state index < -0.39 is 0 Å². The molecule has 14 heavy (non-hydrogen) atoms. The van der Waals surface area contributed by atoms with Crippen molar-refractivity contribution in [3.63, 3.8) is 0 Å². The molecular formula is C12H18BrN. The van der Waals surface area contributed by atoms with E-state index in [-0.39, 0.29) is 5.41 Å². The predicted octanol–water partition coefficient (Wildman–Crippen LogP) is 3.74. The van der Waals surface area contributed by atoms with Gasteiger partial charge in [0.2, 0.25) is 0 Å². The summed E-state index contributed by atoms with van der Waals surface area (Å²) in [6.07, 6.45) is 2.87. The molecule has 78 valence electrons. The third-order valence-corrected chi connectivity index (χ3v) is 4.00. The standard InChI is InChI=1S/C12H18BrN/c1-9-5-6-14-10(7-9)8-11(13)12(2,3)4/h5-7,11H,8H2,1-4H3. The number of halogens is 1. The molecule has 0 aliphatic heterocycles. The van der Waals surface area contributed by atoms with E-state index in [2.05, 4.69) is 54.7 Å². The second kappa shape index (κ2) is 4.43. The Balaban J connectivity index is 2.70. The molecule has 0 amide bonds. The Morgan fingerprint density at radius 2 is 2.07 bits per heavy atom. The summed E-state index contributed by atoms with van der Waals surface area (Å²) >= 11 is 3.72. The van der Waals surface area contributed by atoms with Crippen LogP contribution in [-0.2, 0) is 6.42 Å². The highest BCUT2D eigenvalue weighted by molar-refractivity contribution is 9.09. The molecule has 1 atom stereocenters. The van der Waals surface area contributed by atoms with Crippen LogP contribution in [-0.4, -0.2) is 9.81 Å². The first-order valence-corrected chi connectivity index (χ1v) is 5.87. The van der Waals surface area contributed by atoms with E-state index in [1.165, 1.54) is 11.3 Å². The zero-order valence-corrected chi connectivity index (χ0v) is 10.9. The molecule has 1 rings (SSSR count). The Labute approximate surface area is 95.1 Å². The summed E-state index contributed by atoms with van der Waals surface area (Å²) in [4.78, 5) is 4.84. The van der Waals surface area contributed by atoms with Crippen molar-refractivity contribution in [2.45, 2.75) is 38.9 Å². The Kier molecular flexibility index (Phi) is 3.71. The van der Waals surface area contributed by atoms with Gasteiger partial charge in [0, 0.05) is 23.1 Å². The third-order valence-electron chi connectivity index (χ3n) is 2.30. The Morgan fingerprint density at radius 3 is 2.57 bits per heavy atom. The van der Waals surface area contributed by atoms with E-state index in [1.807, 2.05) is 12.3 Å². The van der Waals surface area contributed by atoms with Crippen LogP contribution in [0.15, 0.2) is 18.3 Å². The molecule has 0 saturated heterocycles. The summed E-state index contributed by atoms with van der Waals surface area (Å²) in [7, 11) is 0. The van der Waals surface area contributed by atoms with Crippen LogP contribution in [0, 0.1) is 12.3 Å². The van der Waals surface area contributed by atoms with Gasteiger partial charge in [-0.3, -0.25) is 4.98 Å². The molecule has 1 heterocycles. The van der Waals surface area contributed by atoms with E-state index in [4.69, 9.17) is 0 Å². The number of rotatable bonds is 2. The molecule has 1 nitrogen and oxygen atoms in total. The van der Waals surface area contributed by atoms with Crippen LogP contribution in [0.2, 0.25) is 0 Å². The molecular weight excluding hydrogens is 238 g/mol. The first kappa shape index (κ1) is 11.7. The van der Waals surface area contributed by atoms with Crippen molar-refractivity contribution in [3.05, 3.63) is 29.6 Å². The molecule has 0 radical (unpaired) electrons. The van der Waals surface area contributed by atoms with Crippen LogP contribution in [0.3, 0.4) is 0 Å². The van der Waals surface area contributed by atoms with Crippen molar-refractivity contribution in [2.24, 2.45) is 5.41 Å². The fourth-order valence-corrected chi connectivity index (χ4v) is 1.53. The Morgan fingerprint density at radius 1 is 1.43 bits per heavy atom. The maximum atomic E-state index is 4.36. The second-order valence-corrected chi connectivity index (χ2v) is 5.97. The van der Waals surface area contributed by atoms with Gasteiger partial charge in [-0.2, -0.15) is 0 Å². The van der Waals surface area contributed by atoms with Crippen LogP contribution in [0.4, 0.5) is 0 Å². The molecule has 0 saturated carbocycles. The molecule has 2 heteroatoms. The number of nitrogens with zero attached hydrogens (tertiary/aromatic N) is 1. The van der Waals surface area contributed by atoms with Gasteiger partial charge >= 0.3 is 0 Å². The van der Waals surface area contributed by atoms with E-state index in [0.717, 1.165) is 6.42 Å². The average Bonchev–Trinajstić information content (AvgIpc) is 2.02. The van der Waals surface area contributed by atoms with Crippen molar-refractivity contribution in [3.8, 4) is 0 Å². The fraction of sp³-hybridized carbons (Fsp3) is 0.583. The lowest BCUT2D eigenvalue weighted by atomic mass is 9.89. The highest BCUT2D eigenvalue weighted by Crippen LogP contribution is 2.28. The number of hydrogen-bond acceptors (Lipinski definition) is 1. The van der Waals surface area contributed by atoms with E-state index in [9.17, 15) is 0 Å². The van der Waals surface area contributed by atoms with Crippen molar-refractivity contribution < 1.29 is 0 Å². The van der Waals surface area contributed by atoms with Crippen molar-refractivity contribution in [1.82, 2.24) is 4.98 Å². The zero-order chi connectivity index (χ0) is 10.8. The first-order valence-electron chi connectivity index (χ1n) is 4.95. The van der Waals surface area contributed by atoms with Crippen LogP contribution in [0.5, 0.6) is 0 Å². The average molecular weight is 256 g/mol. The number of aromatic nitrogens is 1. The first-order chi connectivity index (χ1) is 6.39. The monoisotopic (exact) mass is 255 g/mol. The molecule has 0 aromatic carbocycles. The molecule has 1 unspecified atom stereocenters. The van der Waals surface area contributed by atoms with Gasteiger partial charge in [0.15, 0.2) is 0 Å². The summed E-state index contributed by atoms with van der Waals surface area (Å²) in [6.45, 7) is 8.82. The molecule has 0 spiro atoms. The van der Waals surface area contributed by atoms with Gasteiger partial charge in [-0.1, -0.05) is 36.7 Å². The third kappa shape index (κ3) is 3.41. The zero-order valence-electron chi connectivity index (χ0n) is 9.34. The maximum absolute atomic E-state index is 4.36. The molecule has 1 aromatic rings. The SMILES string of the molecule is Cc1ccnc(CC(Br)C(C)(C)C)c1. The van der Waals surface area contributed by atoms with Crippen molar-refractivity contribution >= 4 is 15.9 Å². The van der Waals surface area contributed by atoms with Crippen LogP contribution in [0.1, 0.15) is 32.0 Å². The number of pyridine rings is 1. The van der Waals surface area contributed by atoms with E-state index in [0.29, 0.717) is 4.83 Å². The molecule has 0 bridgehead atoms. The number of alkyl halides is 1. The molecule has 0 fully saturated rings. The van der Waals surface area contributed by atoms with Crippen molar-refractivity contribution in [1.29, 1.82) is 0 Å². The fourth-order valence-electron chi connectivity index (χ4n) is 1.20. The van der Waals surface area contributed by atoms with Gasteiger partial charge in [0.25, 0.3) is 0 Å².